The van der Waals surface area contributed by atoms with Crippen LogP contribution >= 0.6 is 27.3 Å². The summed E-state index contributed by atoms with van der Waals surface area (Å²) in [7, 11) is 0. The van der Waals surface area contributed by atoms with Gasteiger partial charge in [0.15, 0.2) is 0 Å². The zero-order chi connectivity index (χ0) is 18.6. The minimum atomic E-state index is -0.184. The van der Waals surface area contributed by atoms with Gasteiger partial charge in [-0.1, -0.05) is 60.7 Å². The van der Waals surface area contributed by atoms with E-state index in [2.05, 4.69) is 26.0 Å². The van der Waals surface area contributed by atoms with E-state index in [1.54, 1.807) is 6.21 Å². The lowest BCUT2D eigenvalue weighted by molar-refractivity contribution is 0.819. The van der Waals surface area contributed by atoms with E-state index in [4.69, 9.17) is 0 Å². The van der Waals surface area contributed by atoms with Crippen molar-refractivity contribution in [3.05, 3.63) is 92.8 Å². The standard InChI is InChI=1S/C21H14BrN3OS/c22-17(11-15-7-3-1-4-8-15)12-24-25-14-23-20-19(21(25)26)18(13-27-20)16-9-5-2-6-10-16/h1-14H/b17-11-,24-12-. The smallest absolute Gasteiger partial charge is 0.267 e. The molecule has 0 fully saturated rings. The first-order valence-electron chi connectivity index (χ1n) is 8.23. The van der Waals surface area contributed by atoms with E-state index in [-0.39, 0.29) is 5.56 Å². The summed E-state index contributed by atoms with van der Waals surface area (Å²) in [6, 6.07) is 19.7. The normalized spacial score (nSPS) is 12.1. The topological polar surface area (TPSA) is 47.2 Å². The fourth-order valence-corrected chi connectivity index (χ4v) is 3.96. The van der Waals surface area contributed by atoms with Crippen LogP contribution < -0.4 is 5.56 Å². The maximum Gasteiger partial charge on any atom is 0.283 e. The van der Waals surface area contributed by atoms with Crippen LogP contribution in [0.5, 0.6) is 0 Å². The monoisotopic (exact) mass is 435 g/mol. The van der Waals surface area contributed by atoms with Crippen LogP contribution in [-0.4, -0.2) is 15.9 Å². The molecular weight excluding hydrogens is 422 g/mol. The molecule has 0 N–H and O–H groups in total. The maximum atomic E-state index is 12.9. The first-order chi connectivity index (χ1) is 13.2. The summed E-state index contributed by atoms with van der Waals surface area (Å²) in [6.07, 6.45) is 4.98. The Labute approximate surface area is 168 Å². The molecule has 2 aromatic carbocycles. The Hall–Kier alpha value is -2.83. The molecule has 4 aromatic rings. The highest BCUT2D eigenvalue weighted by Crippen LogP contribution is 2.30. The Morgan fingerprint density at radius 3 is 2.52 bits per heavy atom. The van der Waals surface area contributed by atoms with Gasteiger partial charge < -0.3 is 0 Å². The molecule has 0 spiro atoms. The molecule has 0 aliphatic carbocycles. The molecule has 4 rings (SSSR count). The lowest BCUT2D eigenvalue weighted by Crippen LogP contribution is -2.16. The van der Waals surface area contributed by atoms with E-state index < -0.39 is 0 Å². The summed E-state index contributed by atoms with van der Waals surface area (Å²) in [5.74, 6) is 0. The number of allylic oxidation sites excluding steroid dienone is 1. The third-order valence-corrected chi connectivity index (χ3v) is 5.29. The van der Waals surface area contributed by atoms with Gasteiger partial charge in [-0.2, -0.15) is 9.78 Å². The van der Waals surface area contributed by atoms with E-state index in [0.717, 1.165) is 21.2 Å². The van der Waals surface area contributed by atoms with Crippen molar-refractivity contribution >= 4 is 49.8 Å². The summed E-state index contributed by atoms with van der Waals surface area (Å²) in [4.78, 5) is 18.0. The Morgan fingerprint density at radius 1 is 1.07 bits per heavy atom. The predicted octanol–water partition coefficient (Wildman–Crippen LogP) is 5.39. The highest BCUT2D eigenvalue weighted by Gasteiger charge is 2.12. The van der Waals surface area contributed by atoms with Crippen LogP contribution in [0.1, 0.15) is 5.56 Å². The number of thiophene rings is 1. The van der Waals surface area contributed by atoms with Crippen LogP contribution in [0.3, 0.4) is 0 Å². The number of hydrogen-bond donors (Lipinski definition) is 0. The average molecular weight is 436 g/mol. The molecule has 0 aliphatic rings. The van der Waals surface area contributed by atoms with Crippen molar-refractivity contribution in [2.24, 2.45) is 5.10 Å². The second-order valence-corrected chi connectivity index (χ2v) is 7.55. The Bertz CT molecular complexity index is 1190. The molecule has 0 atom stereocenters. The molecule has 4 nitrogen and oxygen atoms in total. The van der Waals surface area contributed by atoms with Crippen molar-refractivity contribution < 1.29 is 0 Å². The molecule has 0 bridgehead atoms. The fraction of sp³-hybridized carbons (Fsp3) is 0. The van der Waals surface area contributed by atoms with E-state index >= 15 is 0 Å². The lowest BCUT2D eigenvalue weighted by atomic mass is 10.1. The molecule has 0 saturated carbocycles. The van der Waals surface area contributed by atoms with Crippen molar-refractivity contribution in [1.82, 2.24) is 9.66 Å². The van der Waals surface area contributed by atoms with Crippen LogP contribution in [-0.2, 0) is 0 Å². The second kappa shape index (κ2) is 7.82. The Balaban J connectivity index is 1.72. The third kappa shape index (κ3) is 3.82. The zero-order valence-corrected chi connectivity index (χ0v) is 16.5. The van der Waals surface area contributed by atoms with Crippen LogP contribution in [0.25, 0.3) is 27.4 Å². The average Bonchev–Trinajstić information content (AvgIpc) is 3.14. The lowest BCUT2D eigenvalue weighted by Gasteiger charge is -2.01. The highest BCUT2D eigenvalue weighted by molar-refractivity contribution is 9.12. The molecule has 0 radical (unpaired) electrons. The van der Waals surface area contributed by atoms with E-state index in [0.29, 0.717) is 10.2 Å². The van der Waals surface area contributed by atoms with Gasteiger partial charge in [0, 0.05) is 15.4 Å². The SMILES string of the molecule is O=c1c2c(-c3ccccc3)csc2ncn1/N=C\C(Br)=C\c1ccccc1. The summed E-state index contributed by atoms with van der Waals surface area (Å²) < 4.78 is 2.02. The van der Waals surface area contributed by atoms with Gasteiger partial charge in [0.05, 0.1) is 11.6 Å². The van der Waals surface area contributed by atoms with Gasteiger partial charge in [0.1, 0.15) is 11.2 Å². The van der Waals surface area contributed by atoms with Gasteiger partial charge in [-0.05, 0) is 33.1 Å². The van der Waals surface area contributed by atoms with E-state index in [1.807, 2.05) is 72.1 Å². The number of nitrogens with zero attached hydrogens (tertiary/aromatic N) is 3. The number of halogens is 1. The van der Waals surface area contributed by atoms with Crippen LogP contribution in [0.2, 0.25) is 0 Å². The van der Waals surface area contributed by atoms with E-state index in [9.17, 15) is 4.79 Å². The van der Waals surface area contributed by atoms with E-state index in [1.165, 1.54) is 22.3 Å². The van der Waals surface area contributed by atoms with Gasteiger partial charge in [-0.25, -0.2) is 4.98 Å². The third-order valence-electron chi connectivity index (χ3n) is 3.97. The number of fused-ring (bicyclic) bond motifs is 1. The molecule has 132 valence electrons. The van der Waals surface area contributed by atoms with Crippen molar-refractivity contribution in [1.29, 1.82) is 0 Å². The van der Waals surface area contributed by atoms with Gasteiger partial charge in [0.25, 0.3) is 5.56 Å². The second-order valence-electron chi connectivity index (χ2n) is 5.77. The highest BCUT2D eigenvalue weighted by atomic mass is 79.9. The summed E-state index contributed by atoms with van der Waals surface area (Å²) in [5, 5.41) is 6.83. The molecule has 0 unspecified atom stereocenters. The number of rotatable bonds is 4. The fourth-order valence-electron chi connectivity index (χ4n) is 2.70. The number of benzene rings is 2. The largest absolute Gasteiger partial charge is 0.283 e. The molecule has 6 heteroatoms. The molecule has 27 heavy (non-hydrogen) atoms. The molecule has 0 saturated heterocycles. The van der Waals surface area contributed by atoms with Crippen molar-refractivity contribution in [2.45, 2.75) is 0 Å². The van der Waals surface area contributed by atoms with Gasteiger partial charge in [-0.3, -0.25) is 4.79 Å². The summed E-state index contributed by atoms with van der Waals surface area (Å²) in [5.41, 5.74) is 2.74. The van der Waals surface area contributed by atoms with Gasteiger partial charge >= 0.3 is 0 Å². The zero-order valence-electron chi connectivity index (χ0n) is 14.1. The van der Waals surface area contributed by atoms with Gasteiger partial charge in [0.2, 0.25) is 0 Å². The maximum absolute atomic E-state index is 12.9. The predicted molar refractivity (Wildman–Crippen MR) is 117 cm³/mol. The minimum Gasteiger partial charge on any atom is -0.267 e. The van der Waals surface area contributed by atoms with Crippen LogP contribution in [0.15, 0.2) is 86.7 Å². The molecule has 0 aliphatic heterocycles. The van der Waals surface area contributed by atoms with Crippen molar-refractivity contribution in [3.8, 4) is 11.1 Å². The number of hydrogen-bond acceptors (Lipinski definition) is 4. The molecule has 2 heterocycles. The first-order valence-corrected chi connectivity index (χ1v) is 9.90. The summed E-state index contributed by atoms with van der Waals surface area (Å²) >= 11 is 4.93. The molecule has 0 amide bonds. The minimum absolute atomic E-state index is 0.184. The Kier molecular flexibility index (Phi) is 5.09. The van der Waals surface area contributed by atoms with Crippen molar-refractivity contribution in [2.75, 3.05) is 0 Å². The first kappa shape index (κ1) is 17.6. The molecular formula is C21H14BrN3OS. The van der Waals surface area contributed by atoms with Crippen LogP contribution in [0, 0.1) is 0 Å². The summed E-state index contributed by atoms with van der Waals surface area (Å²) in [6.45, 7) is 0. The quantitative estimate of drug-likeness (QED) is 0.403. The Morgan fingerprint density at radius 2 is 1.78 bits per heavy atom. The van der Waals surface area contributed by atoms with Crippen molar-refractivity contribution in [3.63, 3.8) is 0 Å². The number of aromatic nitrogens is 2. The van der Waals surface area contributed by atoms with Gasteiger partial charge in [-0.15, -0.1) is 11.3 Å². The van der Waals surface area contributed by atoms with Crippen LogP contribution in [0.4, 0.5) is 0 Å². The molecule has 2 aromatic heterocycles.